The van der Waals surface area contributed by atoms with Crippen LogP contribution in [0.15, 0.2) is 49.1 Å². The van der Waals surface area contributed by atoms with Crippen molar-refractivity contribution in [3.8, 4) is 0 Å². The van der Waals surface area contributed by atoms with E-state index in [2.05, 4.69) is 53.5 Å². The van der Waals surface area contributed by atoms with Crippen molar-refractivity contribution in [1.82, 2.24) is 30.2 Å². The number of aliphatic hydroxyl groups is 3. The number of allylic oxidation sites excluding steroid dienone is 5. The van der Waals surface area contributed by atoms with Crippen LogP contribution in [0.2, 0.25) is 0 Å². The number of nitrogens with zero attached hydrogens (tertiary/aromatic N) is 4. The average molecular weight is 1070 g/mol. The van der Waals surface area contributed by atoms with E-state index in [0.29, 0.717) is 18.6 Å². The molecular formula is C41H68N7O18P3S. The molecule has 3 heterocycles. The molecule has 70 heavy (non-hydrogen) atoms. The summed E-state index contributed by atoms with van der Waals surface area (Å²) in [6.07, 6.45) is 14.5. The Morgan fingerprint density at radius 2 is 1.66 bits per heavy atom. The van der Waals surface area contributed by atoms with E-state index in [1.807, 2.05) is 18.2 Å². The molecule has 0 bridgehead atoms. The fraction of sp³-hybridized carbons (Fsp3) is 0.659. The zero-order valence-corrected chi connectivity index (χ0v) is 42.8. The first-order chi connectivity index (χ1) is 32.9. The number of aliphatic hydroxyl groups excluding tert-OH is 3. The van der Waals surface area contributed by atoms with Crippen molar-refractivity contribution in [2.75, 3.05) is 37.8 Å². The van der Waals surface area contributed by atoms with Gasteiger partial charge in [0.2, 0.25) is 11.8 Å². The van der Waals surface area contributed by atoms with Crippen LogP contribution in [0.5, 0.6) is 0 Å². The highest BCUT2D eigenvalue weighted by Crippen LogP contribution is 2.61. The minimum absolute atomic E-state index is 0.00302. The van der Waals surface area contributed by atoms with Gasteiger partial charge in [-0.3, -0.25) is 32.5 Å². The second-order valence-electron chi connectivity index (χ2n) is 16.8. The molecule has 1 aliphatic rings. The number of hydrogen-bond acceptors (Lipinski definition) is 19. The minimum atomic E-state index is -5.59. The number of phosphoric acid groups is 3. The van der Waals surface area contributed by atoms with Gasteiger partial charge in [-0.2, -0.15) is 4.31 Å². The number of anilines is 1. The summed E-state index contributed by atoms with van der Waals surface area (Å²) < 4.78 is 62.4. The van der Waals surface area contributed by atoms with E-state index in [1.165, 1.54) is 33.1 Å². The molecule has 2 amide bonds. The molecule has 0 aliphatic carbocycles. The van der Waals surface area contributed by atoms with Gasteiger partial charge in [0.1, 0.15) is 36.3 Å². The van der Waals surface area contributed by atoms with E-state index < -0.39 is 90.7 Å². The molecule has 1 saturated heterocycles. The lowest BCUT2D eigenvalue weighted by Crippen LogP contribution is -2.46. The molecule has 1 fully saturated rings. The molecule has 0 aromatic carbocycles. The number of carbonyl (C=O) groups is 3. The molecule has 0 spiro atoms. The van der Waals surface area contributed by atoms with Crippen molar-refractivity contribution >= 4 is 69.1 Å². The SMILES string of the molecule is CCCCC/C=C/C/C=C/C=C/C(O)CCCCCCC(=O)SCCNC(=O)CCNC(=O)C(O)C(C)(C)COP(=O)(O)OP(=O)(O)OCC1OC(n2cnc3c(N)ncnc32)C(O)C1OP(=O)(O)O. The molecule has 3 rings (SSSR count). The molecule has 29 heteroatoms. The van der Waals surface area contributed by atoms with Gasteiger partial charge in [0.15, 0.2) is 22.8 Å². The Kier molecular flexibility index (Phi) is 26.2. The Hall–Kier alpha value is -3.26. The zero-order valence-electron chi connectivity index (χ0n) is 39.3. The van der Waals surface area contributed by atoms with Crippen LogP contribution in [0.4, 0.5) is 5.82 Å². The first-order valence-corrected chi connectivity index (χ1v) is 28.2. The van der Waals surface area contributed by atoms with E-state index in [9.17, 15) is 63.0 Å². The lowest BCUT2D eigenvalue weighted by Gasteiger charge is -2.30. The molecule has 8 unspecified atom stereocenters. The topological polar surface area (TPSA) is 384 Å². The van der Waals surface area contributed by atoms with Gasteiger partial charge in [-0.25, -0.2) is 28.6 Å². The summed E-state index contributed by atoms with van der Waals surface area (Å²) in [5.74, 6) is -1.12. The van der Waals surface area contributed by atoms with E-state index >= 15 is 0 Å². The number of carbonyl (C=O) groups excluding carboxylic acids is 3. The number of fused-ring (bicyclic) bond motifs is 1. The molecule has 396 valence electrons. The lowest BCUT2D eigenvalue weighted by molar-refractivity contribution is -0.137. The van der Waals surface area contributed by atoms with Gasteiger partial charge in [-0.15, -0.1) is 0 Å². The first-order valence-electron chi connectivity index (χ1n) is 22.7. The van der Waals surface area contributed by atoms with E-state index in [1.54, 1.807) is 6.08 Å². The van der Waals surface area contributed by atoms with Crippen molar-refractivity contribution < 1.29 is 85.6 Å². The average Bonchev–Trinajstić information content (AvgIpc) is 3.85. The Balaban J connectivity index is 1.30. The predicted octanol–water partition coefficient (Wildman–Crippen LogP) is 4.01. The summed E-state index contributed by atoms with van der Waals surface area (Å²) in [5.41, 5.74) is 4.26. The normalized spacial score (nSPS) is 20.5. The Morgan fingerprint density at radius 1 is 0.929 bits per heavy atom. The van der Waals surface area contributed by atoms with Gasteiger partial charge >= 0.3 is 23.5 Å². The van der Waals surface area contributed by atoms with Crippen LogP contribution >= 0.6 is 35.2 Å². The number of nitrogens with one attached hydrogen (secondary N) is 2. The van der Waals surface area contributed by atoms with Crippen LogP contribution in [-0.4, -0.2) is 134 Å². The zero-order chi connectivity index (χ0) is 52.0. The third-order valence-corrected chi connectivity index (χ3v) is 14.4. The molecule has 0 radical (unpaired) electrons. The van der Waals surface area contributed by atoms with E-state index in [-0.39, 0.29) is 41.6 Å². The molecular weight excluding hydrogens is 1000 g/mol. The molecule has 25 nitrogen and oxygen atoms in total. The molecule has 11 N–H and O–H groups in total. The number of nitrogens with two attached hydrogens (primary N) is 1. The number of phosphoric ester groups is 3. The molecule has 2 aromatic rings. The number of rotatable bonds is 34. The van der Waals surface area contributed by atoms with E-state index in [4.69, 9.17) is 19.5 Å². The van der Waals surface area contributed by atoms with Crippen molar-refractivity contribution in [3.05, 3.63) is 49.1 Å². The smallest absolute Gasteiger partial charge is 0.389 e. The highest BCUT2D eigenvalue weighted by atomic mass is 32.2. The maximum atomic E-state index is 12.7. The summed E-state index contributed by atoms with van der Waals surface area (Å²) in [4.78, 5) is 88.4. The van der Waals surface area contributed by atoms with Crippen molar-refractivity contribution in [2.45, 2.75) is 135 Å². The van der Waals surface area contributed by atoms with Gasteiger partial charge in [-0.1, -0.05) is 101 Å². The first kappa shape index (κ1) is 61.0. The predicted molar refractivity (Wildman–Crippen MR) is 257 cm³/mol. The van der Waals surface area contributed by atoms with Gasteiger partial charge in [0.05, 0.1) is 25.6 Å². The maximum absolute atomic E-state index is 12.7. The molecule has 8 atom stereocenters. The lowest BCUT2D eigenvalue weighted by atomic mass is 9.87. The summed E-state index contributed by atoms with van der Waals surface area (Å²) in [6.45, 7) is 2.65. The van der Waals surface area contributed by atoms with Crippen LogP contribution in [0.3, 0.4) is 0 Å². The largest absolute Gasteiger partial charge is 0.481 e. The second-order valence-corrected chi connectivity index (χ2v) is 22.2. The minimum Gasteiger partial charge on any atom is -0.389 e. The van der Waals surface area contributed by atoms with Gasteiger partial charge in [0.25, 0.3) is 0 Å². The van der Waals surface area contributed by atoms with Crippen LogP contribution in [0.1, 0.15) is 104 Å². The van der Waals surface area contributed by atoms with Crippen LogP contribution in [0, 0.1) is 5.41 Å². The number of aromatic nitrogens is 4. The summed E-state index contributed by atoms with van der Waals surface area (Å²) >= 11 is 1.10. The number of thioether (sulfide) groups is 1. The van der Waals surface area contributed by atoms with Crippen LogP contribution in [0.25, 0.3) is 11.2 Å². The Bertz CT molecular complexity index is 2210. The number of hydrogen-bond donors (Lipinski definition) is 10. The highest BCUT2D eigenvalue weighted by molar-refractivity contribution is 8.13. The molecule has 2 aromatic heterocycles. The highest BCUT2D eigenvalue weighted by Gasteiger charge is 2.50. The maximum Gasteiger partial charge on any atom is 0.481 e. The van der Waals surface area contributed by atoms with Gasteiger partial charge in [-0.05, 0) is 32.1 Å². The summed E-state index contributed by atoms with van der Waals surface area (Å²) in [5, 5.41) is 36.7. The number of amides is 2. The number of ether oxygens (including phenoxy) is 1. The number of imidazole rings is 1. The fourth-order valence-electron chi connectivity index (χ4n) is 6.59. The monoisotopic (exact) mass is 1070 g/mol. The van der Waals surface area contributed by atoms with E-state index in [0.717, 1.165) is 67.5 Å². The fourth-order valence-corrected chi connectivity index (χ4v) is 10.1. The summed E-state index contributed by atoms with van der Waals surface area (Å²) in [7, 11) is -16.4. The second kappa shape index (κ2) is 30.1. The summed E-state index contributed by atoms with van der Waals surface area (Å²) in [6, 6.07) is 0. The van der Waals surface area contributed by atoms with Gasteiger partial charge in [0, 0.05) is 37.1 Å². The Morgan fingerprint density at radius 3 is 2.39 bits per heavy atom. The van der Waals surface area contributed by atoms with Crippen molar-refractivity contribution in [1.29, 1.82) is 0 Å². The van der Waals surface area contributed by atoms with Gasteiger partial charge < -0.3 is 56.0 Å². The molecule has 0 saturated carbocycles. The van der Waals surface area contributed by atoms with Crippen LogP contribution < -0.4 is 16.4 Å². The Labute approximate surface area is 410 Å². The standard InChI is InChI=1S/C41H68N7O18P3S/c1-4-5-6-7-8-9-10-11-12-15-18-29(49)19-16-13-14-17-20-32(51)70-24-23-43-31(50)21-22-44-39(54)36(53)41(2,3)26-63-69(60,61)66-68(58,59)62-25-30-35(65-67(55,56)57)34(52)40(64-30)48-28-47-33-37(42)45-27-46-38(33)48/h8-9,11-12,15,18,27-30,34-36,40,49,52-53H,4-7,10,13-14,16-17,19-26H2,1-3H3,(H,43,50)(H,44,54)(H,58,59)(H,60,61)(H2,42,45,46)(H2,55,56,57)/b9-8+,12-11+,18-15+. The van der Waals surface area contributed by atoms with Crippen molar-refractivity contribution in [2.24, 2.45) is 5.41 Å². The molecule has 1 aliphatic heterocycles. The third kappa shape index (κ3) is 22.7. The van der Waals surface area contributed by atoms with Crippen molar-refractivity contribution in [3.63, 3.8) is 0 Å². The third-order valence-electron chi connectivity index (χ3n) is 10.4. The number of unbranched alkanes of at least 4 members (excludes halogenated alkanes) is 6. The quantitative estimate of drug-likeness (QED) is 0.0205. The number of nitrogen functional groups attached to an aromatic ring is 1. The van der Waals surface area contributed by atoms with Crippen LogP contribution in [-0.2, 0) is 50.7 Å².